The maximum atomic E-state index is 11.1. The van der Waals surface area contributed by atoms with Crippen molar-refractivity contribution in [1.82, 2.24) is 10.2 Å². The van der Waals surface area contributed by atoms with Gasteiger partial charge in [-0.05, 0) is 13.8 Å². The van der Waals surface area contributed by atoms with Crippen LogP contribution in [0.2, 0.25) is 0 Å². The molecule has 1 fully saturated rings. The van der Waals surface area contributed by atoms with E-state index < -0.39 is 0 Å². The maximum Gasteiger partial charge on any atom is 0.319 e. The molecule has 1 aliphatic rings. The fourth-order valence-corrected chi connectivity index (χ4v) is 1.70. The van der Waals surface area contributed by atoms with Gasteiger partial charge >= 0.3 is 5.97 Å². The summed E-state index contributed by atoms with van der Waals surface area (Å²) in [5.74, 6) is -0.152. The van der Waals surface area contributed by atoms with E-state index in [1.165, 1.54) is 7.11 Å². The molecule has 1 rings (SSSR count). The number of hydrogen-bond acceptors (Lipinski definition) is 4. The van der Waals surface area contributed by atoms with Gasteiger partial charge in [-0.25, -0.2) is 0 Å². The Kier molecular flexibility index (Phi) is 9.03. The number of halogens is 2. The minimum Gasteiger partial charge on any atom is -0.468 e. The normalized spacial score (nSPS) is 25.6. The Labute approximate surface area is 107 Å². The number of rotatable bonds is 2. The van der Waals surface area contributed by atoms with E-state index in [0.717, 1.165) is 13.1 Å². The van der Waals surface area contributed by atoms with Crippen molar-refractivity contribution >= 4 is 29.2 Å². The second-order valence-corrected chi connectivity index (χ2v) is 4.51. The Balaban J connectivity index is 0.000000673. The maximum absolute atomic E-state index is 11.1. The summed E-state index contributed by atoms with van der Waals surface area (Å²) in [6.45, 7) is 6.53. The lowest BCUT2D eigenvalue weighted by Gasteiger charge is -2.38. The van der Waals surface area contributed by atoms with Crippen molar-refractivity contribution in [2.75, 3.05) is 32.1 Å². The molecule has 4 nitrogen and oxygen atoms in total. The molecule has 16 heavy (non-hydrogen) atoms. The van der Waals surface area contributed by atoms with Crippen LogP contribution < -0.4 is 5.32 Å². The van der Waals surface area contributed by atoms with Gasteiger partial charge in [-0.3, -0.25) is 9.69 Å². The molecule has 0 radical (unpaired) electrons. The highest BCUT2D eigenvalue weighted by Gasteiger charge is 2.26. The first-order chi connectivity index (χ1) is 7.56. The zero-order chi connectivity index (χ0) is 12.6. The van der Waals surface area contributed by atoms with Gasteiger partial charge in [0.1, 0.15) is 0 Å². The summed E-state index contributed by atoms with van der Waals surface area (Å²) in [6, 6.07) is 0.811. The molecule has 0 saturated carbocycles. The molecule has 1 N–H and O–H groups in total. The molecule has 0 aliphatic carbocycles. The molecule has 0 unspecified atom stereocenters. The minimum atomic E-state index is -0.152. The summed E-state index contributed by atoms with van der Waals surface area (Å²) in [6.07, 6.45) is 0. The summed E-state index contributed by atoms with van der Waals surface area (Å²) in [5.41, 5.74) is 0. The van der Waals surface area contributed by atoms with Crippen molar-refractivity contribution in [3.8, 4) is 0 Å². The third-order valence-corrected chi connectivity index (χ3v) is 2.55. The number of esters is 1. The summed E-state index contributed by atoms with van der Waals surface area (Å²) in [7, 11) is 1.43. The summed E-state index contributed by atoms with van der Waals surface area (Å²) in [4.78, 5) is 13.3. The number of nitrogens with zero attached hydrogens (tertiary/aromatic N) is 1. The highest BCUT2D eigenvalue weighted by molar-refractivity contribution is 6.40. The molecule has 0 aromatic rings. The van der Waals surface area contributed by atoms with Crippen LogP contribution in [0.1, 0.15) is 13.8 Å². The van der Waals surface area contributed by atoms with Crippen molar-refractivity contribution in [3.63, 3.8) is 0 Å². The monoisotopic (exact) mass is 270 g/mol. The number of piperazine rings is 1. The standard InChI is InChI=1S/C9H18N2O2.CH2Cl2/c1-7-4-10-5-8(2)11(7)6-9(12)13-3;2-1-3/h7-8,10H,4-6H2,1-3H3;1H2/t7-,8+;. The Morgan fingerprint density at radius 1 is 1.38 bits per heavy atom. The Morgan fingerprint density at radius 2 is 1.81 bits per heavy atom. The van der Waals surface area contributed by atoms with Crippen LogP contribution in [0.15, 0.2) is 0 Å². The molecule has 2 atom stereocenters. The predicted octanol–water partition coefficient (Wildman–Crippen LogP) is 1.26. The van der Waals surface area contributed by atoms with E-state index in [9.17, 15) is 4.79 Å². The van der Waals surface area contributed by atoms with Crippen molar-refractivity contribution < 1.29 is 9.53 Å². The van der Waals surface area contributed by atoms with Crippen LogP contribution in [-0.2, 0) is 9.53 Å². The van der Waals surface area contributed by atoms with E-state index in [4.69, 9.17) is 23.2 Å². The van der Waals surface area contributed by atoms with E-state index in [1.54, 1.807) is 0 Å². The van der Waals surface area contributed by atoms with Gasteiger partial charge in [0.05, 0.1) is 19.0 Å². The van der Waals surface area contributed by atoms with Crippen molar-refractivity contribution in [2.24, 2.45) is 0 Å². The fraction of sp³-hybridized carbons (Fsp3) is 0.900. The van der Waals surface area contributed by atoms with Gasteiger partial charge in [-0.2, -0.15) is 0 Å². The molecule has 1 aliphatic heterocycles. The predicted molar refractivity (Wildman–Crippen MR) is 67.1 cm³/mol. The summed E-state index contributed by atoms with van der Waals surface area (Å²) >= 11 is 9.53. The first-order valence-corrected chi connectivity index (χ1v) is 6.28. The topological polar surface area (TPSA) is 41.6 Å². The molecule has 96 valence electrons. The molecule has 0 bridgehead atoms. The molecule has 0 amide bonds. The number of nitrogens with one attached hydrogen (secondary N) is 1. The highest BCUT2D eigenvalue weighted by Crippen LogP contribution is 2.08. The zero-order valence-corrected chi connectivity index (χ0v) is 11.5. The Morgan fingerprint density at radius 3 is 2.19 bits per heavy atom. The van der Waals surface area contributed by atoms with E-state index in [-0.39, 0.29) is 11.3 Å². The minimum absolute atomic E-state index is 0.152. The zero-order valence-electron chi connectivity index (χ0n) is 10.0. The van der Waals surface area contributed by atoms with Crippen LogP contribution in [0, 0.1) is 0 Å². The molecule has 0 spiro atoms. The van der Waals surface area contributed by atoms with Crippen molar-refractivity contribution in [2.45, 2.75) is 25.9 Å². The lowest BCUT2D eigenvalue weighted by molar-refractivity contribution is -0.143. The molecule has 6 heteroatoms. The first kappa shape index (κ1) is 16.0. The number of methoxy groups -OCH3 is 1. The molecule has 1 heterocycles. The number of ether oxygens (including phenoxy) is 1. The lowest BCUT2D eigenvalue weighted by Crippen LogP contribution is -2.56. The smallest absolute Gasteiger partial charge is 0.319 e. The number of carbonyl (C=O) groups is 1. The second kappa shape index (κ2) is 9.05. The van der Waals surface area contributed by atoms with E-state index >= 15 is 0 Å². The number of alkyl halides is 2. The number of hydrogen-bond donors (Lipinski definition) is 1. The Hall–Kier alpha value is -0.0300. The quantitative estimate of drug-likeness (QED) is 0.606. The van der Waals surface area contributed by atoms with E-state index in [0.29, 0.717) is 18.6 Å². The number of carbonyl (C=O) groups excluding carboxylic acids is 1. The van der Waals surface area contributed by atoms with Crippen LogP contribution in [0.5, 0.6) is 0 Å². The highest BCUT2D eigenvalue weighted by atomic mass is 35.5. The van der Waals surface area contributed by atoms with Crippen molar-refractivity contribution in [1.29, 1.82) is 0 Å². The second-order valence-electron chi connectivity index (χ2n) is 3.71. The van der Waals surface area contributed by atoms with Crippen LogP contribution in [0.4, 0.5) is 0 Å². The largest absolute Gasteiger partial charge is 0.468 e. The fourth-order valence-electron chi connectivity index (χ4n) is 1.70. The Bertz CT molecular complexity index is 195. The SMILES string of the molecule is COC(=O)CN1[C@H](C)CNC[C@@H]1C.ClCCl. The van der Waals surface area contributed by atoms with Crippen LogP contribution in [0.25, 0.3) is 0 Å². The third kappa shape index (κ3) is 5.89. The van der Waals surface area contributed by atoms with Crippen LogP contribution >= 0.6 is 23.2 Å². The summed E-state index contributed by atoms with van der Waals surface area (Å²) in [5, 5.41) is 3.51. The molecule has 0 aromatic heterocycles. The van der Waals surface area contributed by atoms with Gasteiger partial charge in [-0.1, -0.05) is 0 Å². The first-order valence-electron chi connectivity index (χ1n) is 5.22. The average molecular weight is 271 g/mol. The van der Waals surface area contributed by atoms with Gasteiger partial charge in [0.25, 0.3) is 0 Å². The van der Waals surface area contributed by atoms with Gasteiger partial charge in [0.2, 0.25) is 0 Å². The van der Waals surface area contributed by atoms with Gasteiger partial charge in [0.15, 0.2) is 0 Å². The van der Waals surface area contributed by atoms with Crippen molar-refractivity contribution in [3.05, 3.63) is 0 Å². The van der Waals surface area contributed by atoms with Gasteiger partial charge in [0, 0.05) is 25.2 Å². The molecule has 1 saturated heterocycles. The molecular formula is C10H20Cl2N2O2. The van der Waals surface area contributed by atoms with E-state index in [2.05, 4.69) is 28.8 Å². The lowest BCUT2D eigenvalue weighted by atomic mass is 10.1. The van der Waals surface area contributed by atoms with Crippen LogP contribution in [0.3, 0.4) is 0 Å². The molecule has 0 aromatic carbocycles. The average Bonchev–Trinajstić information content (AvgIpc) is 2.24. The van der Waals surface area contributed by atoms with Gasteiger partial charge < -0.3 is 10.1 Å². The van der Waals surface area contributed by atoms with E-state index in [1.807, 2.05) is 0 Å². The van der Waals surface area contributed by atoms with Crippen LogP contribution in [-0.4, -0.2) is 55.0 Å². The summed E-state index contributed by atoms with van der Waals surface area (Å²) < 4.78 is 4.65. The molecular weight excluding hydrogens is 251 g/mol. The van der Waals surface area contributed by atoms with Gasteiger partial charge in [-0.15, -0.1) is 23.2 Å². The third-order valence-electron chi connectivity index (χ3n) is 2.55.